The molecule has 0 aliphatic carbocycles. The van der Waals surface area contributed by atoms with Crippen LogP contribution >= 0.6 is 0 Å². The molecule has 0 aliphatic heterocycles. The lowest BCUT2D eigenvalue weighted by Crippen LogP contribution is -2.16. The summed E-state index contributed by atoms with van der Waals surface area (Å²) < 4.78 is 78.7. The third-order valence-corrected chi connectivity index (χ3v) is 3.59. The van der Waals surface area contributed by atoms with Crippen LogP contribution in [0.4, 0.5) is 32.0 Å². The second-order valence-electron chi connectivity index (χ2n) is 5.60. The molecule has 11 heteroatoms. The lowest BCUT2D eigenvalue weighted by atomic mass is 10.1. The van der Waals surface area contributed by atoms with E-state index in [1.807, 2.05) is 5.32 Å². The van der Waals surface area contributed by atoms with Gasteiger partial charge in [-0.05, 0) is 36.4 Å². The lowest BCUT2D eigenvalue weighted by Gasteiger charge is -2.14. The van der Waals surface area contributed by atoms with Gasteiger partial charge < -0.3 is 5.32 Å². The van der Waals surface area contributed by atoms with Crippen LogP contribution in [0, 0.1) is 0 Å². The van der Waals surface area contributed by atoms with Gasteiger partial charge in [-0.15, -0.1) is 0 Å². The van der Waals surface area contributed by atoms with Gasteiger partial charge in [-0.1, -0.05) is 0 Å². The van der Waals surface area contributed by atoms with E-state index < -0.39 is 35.1 Å². The molecule has 0 unspecified atom stereocenters. The third-order valence-electron chi connectivity index (χ3n) is 3.59. The highest BCUT2D eigenvalue weighted by Crippen LogP contribution is 2.37. The second kappa shape index (κ2) is 6.98. The summed E-state index contributed by atoms with van der Waals surface area (Å²) in [5, 5.41) is 5.97. The average molecular weight is 400 g/mol. The normalized spacial score (nSPS) is 12.1. The largest absolute Gasteiger partial charge is 0.416 e. The van der Waals surface area contributed by atoms with E-state index in [0.29, 0.717) is 18.0 Å². The summed E-state index contributed by atoms with van der Waals surface area (Å²) in [7, 11) is 0. The smallest absolute Gasteiger partial charge is 0.322 e. The predicted molar refractivity (Wildman–Crippen MR) is 85.8 cm³/mol. The monoisotopic (exact) mass is 400 g/mol. The maximum Gasteiger partial charge on any atom is 0.416 e. The van der Waals surface area contributed by atoms with Gasteiger partial charge in [0.1, 0.15) is 0 Å². The average Bonchev–Trinajstić information content (AvgIpc) is 3.15. The Morgan fingerprint density at radius 2 is 1.61 bits per heavy atom. The fourth-order valence-electron chi connectivity index (χ4n) is 2.29. The van der Waals surface area contributed by atoms with Crippen LogP contribution < -0.4 is 5.32 Å². The van der Waals surface area contributed by atoms with Gasteiger partial charge in [0.15, 0.2) is 5.82 Å². The minimum Gasteiger partial charge on any atom is -0.322 e. The first-order valence-corrected chi connectivity index (χ1v) is 7.61. The number of rotatable bonds is 3. The van der Waals surface area contributed by atoms with Crippen LogP contribution in [0.2, 0.25) is 0 Å². The molecular formula is C17H10F6N4O. The molecule has 1 amide bonds. The molecule has 0 fully saturated rings. The molecule has 0 aliphatic rings. The molecule has 0 spiro atoms. The van der Waals surface area contributed by atoms with E-state index in [4.69, 9.17) is 0 Å². The molecule has 3 rings (SSSR count). The van der Waals surface area contributed by atoms with Gasteiger partial charge in [0.2, 0.25) is 0 Å². The van der Waals surface area contributed by atoms with E-state index in [2.05, 4.69) is 10.1 Å². The molecule has 5 nitrogen and oxygen atoms in total. The number of alkyl halides is 6. The van der Waals surface area contributed by atoms with Crippen LogP contribution in [0.3, 0.4) is 0 Å². The van der Waals surface area contributed by atoms with Gasteiger partial charge in [-0.25, -0.2) is 9.67 Å². The Morgan fingerprint density at radius 3 is 2.07 bits per heavy atom. The molecule has 1 aromatic carbocycles. The summed E-state index contributed by atoms with van der Waals surface area (Å²) in [5.74, 6) is -0.535. The van der Waals surface area contributed by atoms with Crippen LogP contribution in [-0.2, 0) is 12.4 Å². The second-order valence-corrected chi connectivity index (χ2v) is 5.60. The number of amides is 1. The number of hydrogen-bond acceptors (Lipinski definition) is 3. The number of halogens is 6. The maximum atomic E-state index is 12.9. The van der Waals surface area contributed by atoms with Crippen LogP contribution in [0.25, 0.3) is 5.82 Å². The fourth-order valence-corrected chi connectivity index (χ4v) is 2.29. The van der Waals surface area contributed by atoms with Crippen molar-refractivity contribution < 1.29 is 31.1 Å². The van der Waals surface area contributed by atoms with Crippen LogP contribution in [0.1, 0.15) is 21.5 Å². The van der Waals surface area contributed by atoms with Crippen LogP contribution in [-0.4, -0.2) is 20.7 Å². The molecule has 2 heterocycles. The summed E-state index contributed by atoms with van der Waals surface area (Å²) in [6, 6.07) is 5.23. The zero-order valence-corrected chi connectivity index (χ0v) is 13.7. The number of carbonyl (C=O) groups excluding carboxylic acids is 1. The van der Waals surface area contributed by atoms with Gasteiger partial charge in [0.05, 0.1) is 16.7 Å². The van der Waals surface area contributed by atoms with Crippen molar-refractivity contribution in [3.8, 4) is 5.82 Å². The zero-order valence-electron chi connectivity index (χ0n) is 13.7. The number of hydrogen-bond donors (Lipinski definition) is 1. The topological polar surface area (TPSA) is 59.8 Å². The van der Waals surface area contributed by atoms with Crippen molar-refractivity contribution in [3.05, 3.63) is 71.7 Å². The van der Waals surface area contributed by atoms with Gasteiger partial charge >= 0.3 is 12.4 Å². The molecule has 28 heavy (non-hydrogen) atoms. The fraction of sp³-hybridized carbons (Fsp3) is 0.118. The summed E-state index contributed by atoms with van der Waals surface area (Å²) in [6.45, 7) is 0. The minimum absolute atomic E-state index is 0.0178. The van der Waals surface area contributed by atoms with Gasteiger partial charge in [0, 0.05) is 24.3 Å². The molecular weight excluding hydrogens is 390 g/mol. The SMILES string of the molecule is O=C(Nc1cc(C(F)(F)F)cc(C(F)(F)F)c1)c1ccc(-n2cccn2)nc1. The summed E-state index contributed by atoms with van der Waals surface area (Å²) in [5.41, 5.74) is -3.74. The number of nitrogens with one attached hydrogen (secondary N) is 1. The van der Waals surface area contributed by atoms with Crippen molar-refractivity contribution >= 4 is 11.6 Å². The Morgan fingerprint density at radius 1 is 0.964 bits per heavy atom. The highest BCUT2D eigenvalue weighted by molar-refractivity contribution is 6.04. The van der Waals surface area contributed by atoms with E-state index >= 15 is 0 Å². The minimum atomic E-state index is -5.01. The van der Waals surface area contributed by atoms with Gasteiger partial charge in [-0.2, -0.15) is 31.4 Å². The predicted octanol–water partition coefficient (Wildman–Crippen LogP) is 4.56. The summed E-state index contributed by atoms with van der Waals surface area (Å²) in [4.78, 5) is 16.2. The van der Waals surface area contributed by atoms with Crippen molar-refractivity contribution in [3.63, 3.8) is 0 Å². The van der Waals surface area contributed by atoms with Crippen LogP contribution in [0.5, 0.6) is 0 Å². The van der Waals surface area contributed by atoms with E-state index in [9.17, 15) is 31.1 Å². The molecule has 0 radical (unpaired) electrons. The summed E-state index contributed by atoms with van der Waals surface area (Å²) >= 11 is 0. The van der Waals surface area contributed by atoms with Gasteiger partial charge in [-0.3, -0.25) is 4.79 Å². The molecule has 2 aromatic heterocycles. The molecule has 3 aromatic rings. The zero-order chi connectivity index (χ0) is 20.5. The highest BCUT2D eigenvalue weighted by atomic mass is 19.4. The lowest BCUT2D eigenvalue weighted by molar-refractivity contribution is -0.143. The first-order chi connectivity index (χ1) is 13.0. The molecule has 0 bridgehead atoms. The summed E-state index contributed by atoms with van der Waals surface area (Å²) in [6.07, 6.45) is -5.77. The molecule has 1 N–H and O–H groups in total. The Hall–Kier alpha value is -3.37. The number of anilines is 1. The highest BCUT2D eigenvalue weighted by Gasteiger charge is 2.37. The van der Waals surface area contributed by atoms with Crippen molar-refractivity contribution in [1.29, 1.82) is 0 Å². The Bertz CT molecular complexity index is 946. The van der Waals surface area contributed by atoms with E-state index in [0.717, 1.165) is 6.20 Å². The van der Waals surface area contributed by atoms with E-state index in [-0.39, 0.29) is 11.6 Å². The Kier molecular flexibility index (Phi) is 4.84. The molecule has 0 saturated carbocycles. The van der Waals surface area contributed by atoms with Crippen molar-refractivity contribution in [1.82, 2.24) is 14.8 Å². The first kappa shape index (κ1) is 19.4. The van der Waals surface area contributed by atoms with E-state index in [1.54, 1.807) is 12.3 Å². The molecule has 0 saturated heterocycles. The number of aromatic nitrogens is 3. The van der Waals surface area contributed by atoms with Crippen molar-refractivity contribution in [2.24, 2.45) is 0 Å². The maximum absolute atomic E-state index is 12.9. The molecule has 146 valence electrons. The van der Waals surface area contributed by atoms with Crippen LogP contribution in [0.15, 0.2) is 55.0 Å². The number of benzene rings is 1. The Balaban J connectivity index is 1.87. The van der Waals surface area contributed by atoms with Gasteiger partial charge in [0.25, 0.3) is 5.91 Å². The van der Waals surface area contributed by atoms with Crippen molar-refractivity contribution in [2.45, 2.75) is 12.4 Å². The van der Waals surface area contributed by atoms with Crippen molar-refractivity contribution in [2.75, 3.05) is 5.32 Å². The quantitative estimate of drug-likeness (QED) is 0.656. The standard InChI is InChI=1S/C17H10F6N4O/c18-16(19,20)11-6-12(17(21,22)23)8-13(7-11)26-15(28)10-2-3-14(24-9-10)27-5-1-4-25-27/h1-9H,(H,26,28). The van der Waals surface area contributed by atoms with E-state index in [1.165, 1.54) is 23.0 Å². The Labute approximate surface area is 153 Å². The number of pyridine rings is 1. The number of nitrogens with zero attached hydrogens (tertiary/aromatic N) is 3. The molecule has 0 atom stereocenters. The number of carbonyl (C=O) groups is 1. The first-order valence-electron chi connectivity index (χ1n) is 7.61. The third kappa shape index (κ3) is 4.30.